The number of aliphatic hydroxyl groups is 2. The Morgan fingerprint density at radius 2 is 2.06 bits per heavy atom. The Morgan fingerprint density at radius 1 is 1.44 bits per heavy atom. The van der Waals surface area contributed by atoms with Gasteiger partial charge in [-0.1, -0.05) is 36.4 Å². The summed E-state index contributed by atoms with van der Waals surface area (Å²) in [4.78, 5) is 0. The standard InChI is InChI=1S/C13H19NO2/c1-3-13(2,16)10-14-12(9-15)11-7-5-4-6-8-11/h3-8,12,14-16H,1,9-10H2,2H3/t12-,13?/m0/s1. The van der Waals surface area contributed by atoms with E-state index in [0.29, 0.717) is 6.54 Å². The molecule has 0 aromatic heterocycles. The predicted octanol–water partition coefficient (Wildman–Crippen LogP) is 1.25. The van der Waals surface area contributed by atoms with Gasteiger partial charge in [0, 0.05) is 6.54 Å². The average molecular weight is 221 g/mol. The van der Waals surface area contributed by atoms with Crippen molar-refractivity contribution in [1.82, 2.24) is 5.32 Å². The lowest BCUT2D eigenvalue weighted by atomic mass is 10.0. The van der Waals surface area contributed by atoms with E-state index in [-0.39, 0.29) is 12.6 Å². The lowest BCUT2D eigenvalue weighted by molar-refractivity contribution is 0.102. The van der Waals surface area contributed by atoms with Gasteiger partial charge in [0.15, 0.2) is 0 Å². The van der Waals surface area contributed by atoms with Crippen LogP contribution in [0.4, 0.5) is 0 Å². The fourth-order valence-corrected chi connectivity index (χ4v) is 1.38. The number of benzene rings is 1. The minimum atomic E-state index is -0.956. The van der Waals surface area contributed by atoms with Gasteiger partial charge in [0.1, 0.15) is 0 Å². The second-order valence-corrected chi connectivity index (χ2v) is 4.09. The highest BCUT2D eigenvalue weighted by Gasteiger charge is 2.18. The first-order chi connectivity index (χ1) is 7.59. The molecule has 88 valence electrons. The van der Waals surface area contributed by atoms with E-state index in [4.69, 9.17) is 0 Å². The molecule has 0 aliphatic rings. The van der Waals surface area contributed by atoms with Crippen LogP contribution < -0.4 is 5.32 Å². The zero-order valence-electron chi connectivity index (χ0n) is 9.56. The van der Waals surface area contributed by atoms with E-state index in [1.54, 1.807) is 6.92 Å². The van der Waals surface area contributed by atoms with Crippen molar-refractivity contribution in [2.24, 2.45) is 0 Å². The molecule has 0 saturated carbocycles. The van der Waals surface area contributed by atoms with Crippen LogP contribution in [0.1, 0.15) is 18.5 Å². The van der Waals surface area contributed by atoms with Crippen molar-refractivity contribution >= 4 is 0 Å². The van der Waals surface area contributed by atoms with Crippen LogP contribution >= 0.6 is 0 Å². The zero-order valence-corrected chi connectivity index (χ0v) is 9.56. The molecule has 0 aliphatic carbocycles. The van der Waals surface area contributed by atoms with Gasteiger partial charge in [0.25, 0.3) is 0 Å². The second-order valence-electron chi connectivity index (χ2n) is 4.09. The lowest BCUT2D eigenvalue weighted by Crippen LogP contribution is -2.38. The molecule has 1 aromatic rings. The summed E-state index contributed by atoms with van der Waals surface area (Å²) in [6.45, 7) is 5.58. The van der Waals surface area contributed by atoms with Gasteiger partial charge in [-0.3, -0.25) is 0 Å². The molecule has 0 heterocycles. The Balaban J connectivity index is 2.60. The number of nitrogens with one attached hydrogen (secondary N) is 1. The molecule has 0 amide bonds. The molecule has 3 nitrogen and oxygen atoms in total. The Bertz CT molecular complexity index is 322. The van der Waals surface area contributed by atoms with Crippen LogP contribution in [-0.4, -0.2) is 29.0 Å². The summed E-state index contributed by atoms with van der Waals surface area (Å²) in [5.41, 5.74) is 0.0484. The van der Waals surface area contributed by atoms with Crippen molar-refractivity contribution in [2.45, 2.75) is 18.6 Å². The summed E-state index contributed by atoms with van der Waals surface area (Å²) in [6.07, 6.45) is 1.49. The Hall–Kier alpha value is -1.16. The maximum atomic E-state index is 9.75. The molecule has 0 radical (unpaired) electrons. The summed E-state index contributed by atoms with van der Waals surface area (Å²) in [6, 6.07) is 9.49. The predicted molar refractivity (Wildman–Crippen MR) is 65.1 cm³/mol. The Kier molecular flexibility index (Phi) is 4.68. The van der Waals surface area contributed by atoms with Gasteiger partial charge in [0.05, 0.1) is 18.2 Å². The van der Waals surface area contributed by atoms with E-state index in [2.05, 4.69) is 11.9 Å². The van der Waals surface area contributed by atoms with Gasteiger partial charge in [-0.05, 0) is 12.5 Å². The van der Waals surface area contributed by atoms with Crippen LogP contribution in [0.2, 0.25) is 0 Å². The molecule has 3 N–H and O–H groups in total. The second kappa shape index (κ2) is 5.80. The van der Waals surface area contributed by atoms with E-state index in [1.165, 1.54) is 6.08 Å². The maximum Gasteiger partial charge on any atom is 0.0921 e. The van der Waals surface area contributed by atoms with Gasteiger partial charge in [0.2, 0.25) is 0 Å². The van der Waals surface area contributed by atoms with E-state index >= 15 is 0 Å². The molecule has 0 aliphatic heterocycles. The zero-order chi connectivity index (χ0) is 12.0. The smallest absolute Gasteiger partial charge is 0.0921 e. The third-order valence-corrected chi connectivity index (χ3v) is 2.53. The van der Waals surface area contributed by atoms with E-state index in [0.717, 1.165) is 5.56 Å². The molecule has 1 aromatic carbocycles. The average Bonchev–Trinajstić information content (AvgIpc) is 2.31. The molecule has 0 fully saturated rings. The fraction of sp³-hybridized carbons (Fsp3) is 0.385. The first-order valence-corrected chi connectivity index (χ1v) is 5.34. The van der Waals surface area contributed by atoms with Crippen LogP contribution in [0.25, 0.3) is 0 Å². The first kappa shape index (κ1) is 12.9. The van der Waals surface area contributed by atoms with Crippen molar-refractivity contribution in [1.29, 1.82) is 0 Å². The lowest BCUT2D eigenvalue weighted by Gasteiger charge is -2.23. The van der Waals surface area contributed by atoms with E-state index < -0.39 is 5.60 Å². The summed E-state index contributed by atoms with van der Waals surface area (Å²) >= 11 is 0. The monoisotopic (exact) mass is 221 g/mol. The molecule has 1 rings (SSSR count). The van der Waals surface area contributed by atoms with Crippen LogP contribution in [0.15, 0.2) is 43.0 Å². The van der Waals surface area contributed by atoms with Crippen molar-refractivity contribution in [3.05, 3.63) is 48.6 Å². The minimum Gasteiger partial charge on any atom is -0.394 e. The van der Waals surface area contributed by atoms with Crippen molar-refractivity contribution in [3.63, 3.8) is 0 Å². The normalized spacial score (nSPS) is 16.4. The van der Waals surface area contributed by atoms with Crippen molar-refractivity contribution in [3.8, 4) is 0 Å². The van der Waals surface area contributed by atoms with Crippen LogP contribution in [0, 0.1) is 0 Å². The molecular formula is C13H19NO2. The number of hydrogen-bond donors (Lipinski definition) is 3. The minimum absolute atomic E-state index is 0.00274. The van der Waals surface area contributed by atoms with Gasteiger partial charge in [-0.15, -0.1) is 6.58 Å². The number of aliphatic hydroxyl groups excluding tert-OH is 1. The Labute approximate surface area is 96.4 Å². The fourth-order valence-electron chi connectivity index (χ4n) is 1.38. The van der Waals surface area contributed by atoms with Gasteiger partial charge in [-0.2, -0.15) is 0 Å². The quantitative estimate of drug-likeness (QED) is 0.634. The highest BCUT2D eigenvalue weighted by Crippen LogP contribution is 2.13. The molecule has 16 heavy (non-hydrogen) atoms. The third-order valence-electron chi connectivity index (χ3n) is 2.53. The molecule has 3 heteroatoms. The first-order valence-electron chi connectivity index (χ1n) is 5.34. The molecule has 1 unspecified atom stereocenters. The summed E-state index contributed by atoms with van der Waals surface area (Å²) < 4.78 is 0. The molecular weight excluding hydrogens is 202 g/mol. The molecule has 2 atom stereocenters. The summed E-state index contributed by atoms with van der Waals surface area (Å²) in [5.74, 6) is 0. The van der Waals surface area contributed by atoms with Crippen molar-refractivity contribution < 1.29 is 10.2 Å². The molecule has 0 saturated heterocycles. The van der Waals surface area contributed by atoms with Gasteiger partial charge >= 0.3 is 0 Å². The van der Waals surface area contributed by atoms with Gasteiger partial charge < -0.3 is 15.5 Å². The molecule has 0 spiro atoms. The molecule has 0 bridgehead atoms. The highest BCUT2D eigenvalue weighted by atomic mass is 16.3. The maximum absolute atomic E-state index is 9.75. The number of hydrogen-bond acceptors (Lipinski definition) is 3. The van der Waals surface area contributed by atoms with Crippen LogP contribution in [-0.2, 0) is 0 Å². The van der Waals surface area contributed by atoms with Gasteiger partial charge in [-0.25, -0.2) is 0 Å². The van der Waals surface area contributed by atoms with E-state index in [1.807, 2.05) is 30.3 Å². The topological polar surface area (TPSA) is 52.5 Å². The summed E-state index contributed by atoms with van der Waals surface area (Å²) in [7, 11) is 0. The van der Waals surface area contributed by atoms with Crippen LogP contribution in [0.5, 0.6) is 0 Å². The summed E-state index contributed by atoms with van der Waals surface area (Å²) in [5, 5.41) is 22.1. The SMILES string of the molecule is C=CC(C)(O)CN[C@@H](CO)c1ccccc1. The Morgan fingerprint density at radius 3 is 2.56 bits per heavy atom. The van der Waals surface area contributed by atoms with Crippen molar-refractivity contribution in [2.75, 3.05) is 13.2 Å². The van der Waals surface area contributed by atoms with E-state index in [9.17, 15) is 10.2 Å². The largest absolute Gasteiger partial charge is 0.394 e. The number of rotatable bonds is 6. The third kappa shape index (κ3) is 3.77. The van der Waals surface area contributed by atoms with Crippen LogP contribution in [0.3, 0.4) is 0 Å². The highest BCUT2D eigenvalue weighted by molar-refractivity contribution is 5.19.